The molecule has 3 amide bonds. The van der Waals surface area contributed by atoms with Gasteiger partial charge in [-0.2, -0.15) is 5.10 Å². The van der Waals surface area contributed by atoms with Crippen LogP contribution in [0.3, 0.4) is 0 Å². The SMILES string of the molecule is O=C(Cc1ccc(Cl)cc1)N/N=C\C12c3ccccc3C(c3ccccc31)[C@@H]1C(=O)N(c3ccc(F)cc3)C(=O)[C@H]12. The molecule has 0 unspecified atom stereocenters. The standard InChI is InChI=1S/C33H23ClFN3O3/c34-20-11-9-19(10-12-20)17-27(39)37-36-18-33-25-7-3-1-5-23(25)28(24-6-2-4-8-26(24)33)29-30(33)32(41)38(31(29)40)22-15-13-21(35)14-16-22/h1-16,18,28-30H,17H2,(H,37,39)/b36-18-/t28?,29-,30-,33?/m0/s1. The number of carbonyl (C=O) groups is 3. The topological polar surface area (TPSA) is 78.8 Å². The van der Waals surface area contributed by atoms with Crippen molar-refractivity contribution in [3.8, 4) is 0 Å². The Morgan fingerprint density at radius 1 is 0.878 bits per heavy atom. The molecule has 1 heterocycles. The second kappa shape index (κ2) is 9.49. The number of nitrogens with zero attached hydrogens (tertiary/aromatic N) is 2. The third kappa shape index (κ3) is 3.76. The maximum absolute atomic E-state index is 14.3. The summed E-state index contributed by atoms with van der Waals surface area (Å²) in [6, 6.07) is 27.9. The number of carbonyl (C=O) groups excluding carboxylic acids is 3. The molecule has 4 aliphatic rings. The summed E-state index contributed by atoms with van der Waals surface area (Å²) < 4.78 is 13.7. The number of hydrogen-bond donors (Lipinski definition) is 1. The second-order valence-corrected chi connectivity index (χ2v) is 11.0. The van der Waals surface area contributed by atoms with Crippen LogP contribution in [0.25, 0.3) is 0 Å². The Kier molecular flexibility index (Phi) is 5.87. The lowest BCUT2D eigenvalue weighted by molar-refractivity contribution is -0.123. The zero-order valence-corrected chi connectivity index (χ0v) is 22.4. The Hall–Kier alpha value is -4.62. The molecular formula is C33H23ClFN3O3. The van der Waals surface area contributed by atoms with Crippen LogP contribution in [-0.2, 0) is 26.2 Å². The van der Waals surface area contributed by atoms with Gasteiger partial charge in [0.1, 0.15) is 5.82 Å². The van der Waals surface area contributed by atoms with Crippen LogP contribution in [0.5, 0.6) is 0 Å². The first-order valence-corrected chi connectivity index (χ1v) is 13.7. The van der Waals surface area contributed by atoms with Crippen LogP contribution in [-0.4, -0.2) is 23.9 Å². The maximum Gasteiger partial charge on any atom is 0.244 e. The molecule has 3 aliphatic carbocycles. The number of rotatable bonds is 5. The Morgan fingerprint density at radius 2 is 1.49 bits per heavy atom. The molecule has 2 bridgehead atoms. The van der Waals surface area contributed by atoms with Gasteiger partial charge in [0, 0.05) is 17.2 Å². The molecule has 1 saturated heterocycles. The summed E-state index contributed by atoms with van der Waals surface area (Å²) in [6.07, 6.45) is 1.72. The zero-order valence-electron chi connectivity index (χ0n) is 21.6. The van der Waals surface area contributed by atoms with E-state index in [9.17, 15) is 18.8 Å². The largest absolute Gasteiger partial charge is 0.274 e. The van der Waals surface area contributed by atoms with E-state index in [0.29, 0.717) is 10.7 Å². The van der Waals surface area contributed by atoms with Gasteiger partial charge in [0.2, 0.25) is 17.7 Å². The molecule has 2 atom stereocenters. The first kappa shape index (κ1) is 25.4. The first-order valence-electron chi connectivity index (χ1n) is 13.3. The number of imide groups is 1. The molecule has 6 nitrogen and oxygen atoms in total. The maximum atomic E-state index is 14.3. The lowest BCUT2D eigenvalue weighted by Gasteiger charge is -2.52. The number of hydrazone groups is 1. The smallest absolute Gasteiger partial charge is 0.244 e. The molecule has 1 aliphatic heterocycles. The minimum absolute atomic E-state index is 0.0958. The van der Waals surface area contributed by atoms with Crippen molar-refractivity contribution >= 4 is 41.2 Å². The van der Waals surface area contributed by atoms with Crippen LogP contribution >= 0.6 is 11.6 Å². The molecule has 41 heavy (non-hydrogen) atoms. The van der Waals surface area contributed by atoms with Gasteiger partial charge in [-0.1, -0.05) is 72.3 Å². The number of halogens is 2. The number of benzene rings is 4. The van der Waals surface area contributed by atoms with E-state index < -0.39 is 23.1 Å². The van der Waals surface area contributed by atoms with Gasteiger partial charge in [0.25, 0.3) is 0 Å². The molecular weight excluding hydrogens is 541 g/mol. The third-order valence-electron chi connectivity index (χ3n) is 8.50. The van der Waals surface area contributed by atoms with Gasteiger partial charge in [-0.15, -0.1) is 0 Å². The zero-order chi connectivity index (χ0) is 28.3. The molecule has 8 rings (SSSR count). The molecule has 202 valence electrons. The third-order valence-corrected chi connectivity index (χ3v) is 8.76. The molecule has 4 aromatic carbocycles. The molecule has 0 saturated carbocycles. The Bertz CT molecular complexity index is 1710. The summed E-state index contributed by atoms with van der Waals surface area (Å²) in [5.74, 6) is -3.30. The van der Waals surface area contributed by atoms with Crippen LogP contribution in [0, 0.1) is 17.7 Å². The van der Waals surface area contributed by atoms with Gasteiger partial charge < -0.3 is 0 Å². The summed E-state index contributed by atoms with van der Waals surface area (Å²) in [5.41, 5.74) is 6.29. The van der Waals surface area contributed by atoms with Crippen molar-refractivity contribution in [3.05, 3.63) is 136 Å². The predicted molar refractivity (Wildman–Crippen MR) is 153 cm³/mol. The Morgan fingerprint density at radius 3 is 2.12 bits per heavy atom. The van der Waals surface area contributed by atoms with E-state index in [1.165, 1.54) is 29.2 Å². The first-order chi connectivity index (χ1) is 19.9. The fourth-order valence-electron chi connectivity index (χ4n) is 6.93. The van der Waals surface area contributed by atoms with Crippen molar-refractivity contribution in [3.63, 3.8) is 0 Å². The second-order valence-electron chi connectivity index (χ2n) is 10.6. The molecule has 8 heteroatoms. The average molecular weight is 564 g/mol. The molecule has 1 N–H and O–H groups in total. The van der Waals surface area contributed by atoms with E-state index in [1.54, 1.807) is 30.5 Å². The van der Waals surface area contributed by atoms with Gasteiger partial charge in [0.15, 0.2) is 0 Å². The van der Waals surface area contributed by atoms with E-state index in [-0.39, 0.29) is 30.1 Å². The van der Waals surface area contributed by atoms with E-state index >= 15 is 0 Å². The normalized spacial score (nSPS) is 23.9. The minimum atomic E-state index is -1.11. The van der Waals surface area contributed by atoms with Crippen molar-refractivity contribution in [2.75, 3.05) is 4.90 Å². The highest BCUT2D eigenvalue weighted by Gasteiger charge is 2.68. The minimum Gasteiger partial charge on any atom is -0.274 e. The number of anilines is 1. The Labute approximate surface area is 240 Å². The van der Waals surface area contributed by atoms with E-state index in [0.717, 1.165) is 27.8 Å². The van der Waals surface area contributed by atoms with E-state index in [1.807, 2.05) is 48.5 Å². The highest BCUT2D eigenvalue weighted by atomic mass is 35.5. The fraction of sp³-hybridized carbons (Fsp3) is 0.152. The van der Waals surface area contributed by atoms with E-state index in [2.05, 4.69) is 10.5 Å². The lowest BCUT2D eigenvalue weighted by Crippen LogP contribution is -2.54. The molecule has 1 fully saturated rings. The molecule has 0 spiro atoms. The molecule has 0 radical (unpaired) electrons. The summed E-state index contributed by atoms with van der Waals surface area (Å²) >= 11 is 5.96. The monoisotopic (exact) mass is 563 g/mol. The van der Waals surface area contributed by atoms with Crippen molar-refractivity contribution < 1.29 is 18.8 Å². The average Bonchev–Trinajstić information content (AvgIpc) is 3.25. The summed E-state index contributed by atoms with van der Waals surface area (Å²) in [6.45, 7) is 0. The van der Waals surface area contributed by atoms with Crippen LogP contribution in [0.1, 0.15) is 33.7 Å². The van der Waals surface area contributed by atoms with Gasteiger partial charge in [0.05, 0.1) is 29.4 Å². The van der Waals surface area contributed by atoms with Crippen LogP contribution in [0.15, 0.2) is 102 Å². The summed E-state index contributed by atoms with van der Waals surface area (Å²) in [4.78, 5) is 42.4. The Balaban J connectivity index is 1.34. The summed E-state index contributed by atoms with van der Waals surface area (Å²) in [7, 11) is 0. The van der Waals surface area contributed by atoms with Gasteiger partial charge in [-0.25, -0.2) is 14.7 Å². The van der Waals surface area contributed by atoms with Crippen molar-refractivity contribution in [1.29, 1.82) is 0 Å². The molecule has 4 aromatic rings. The van der Waals surface area contributed by atoms with E-state index in [4.69, 9.17) is 11.6 Å². The lowest BCUT2D eigenvalue weighted by atomic mass is 9.47. The van der Waals surface area contributed by atoms with Crippen LogP contribution in [0.2, 0.25) is 5.02 Å². The number of amides is 3. The highest BCUT2D eigenvalue weighted by molar-refractivity contribution is 6.30. The van der Waals surface area contributed by atoms with Crippen molar-refractivity contribution in [1.82, 2.24) is 5.43 Å². The number of hydrogen-bond acceptors (Lipinski definition) is 4. The van der Waals surface area contributed by atoms with Crippen LogP contribution in [0.4, 0.5) is 10.1 Å². The summed E-state index contributed by atoms with van der Waals surface area (Å²) in [5, 5.41) is 5.00. The van der Waals surface area contributed by atoms with Gasteiger partial charge >= 0.3 is 0 Å². The van der Waals surface area contributed by atoms with Gasteiger partial charge in [-0.05, 0) is 64.2 Å². The van der Waals surface area contributed by atoms with Gasteiger partial charge in [-0.3, -0.25) is 14.4 Å². The van der Waals surface area contributed by atoms with Crippen molar-refractivity contribution in [2.24, 2.45) is 16.9 Å². The fourth-order valence-corrected chi connectivity index (χ4v) is 7.05. The quantitative estimate of drug-likeness (QED) is 0.201. The van der Waals surface area contributed by atoms with Crippen LogP contribution < -0.4 is 10.3 Å². The number of nitrogens with one attached hydrogen (secondary N) is 1. The highest BCUT2D eigenvalue weighted by Crippen LogP contribution is 2.63. The van der Waals surface area contributed by atoms with Crippen molar-refractivity contribution in [2.45, 2.75) is 17.8 Å². The predicted octanol–water partition coefficient (Wildman–Crippen LogP) is 5.37. The molecule has 0 aromatic heterocycles.